The zero-order valence-corrected chi connectivity index (χ0v) is 13.1. The maximum absolute atomic E-state index is 4.47. The lowest BCUT2D eigenvalue weighted by molar-refractivity contribution is 0.591. The van der Waals surface area contributed by atoms with Crippen LogP contribution in [0, 0.1) is 6.92 Å². The van der Waals surface area contributed by atoms with E-state index < -0.39 is 0 Å². The van der Waals surface area contributed by atoms with Gasteiger partial charge in [-0.1, -0.05) is 25.2 Å². The molecule has 1 fully saturated rings. The molecule has 3 heterocycles. The van der Waals surface area contributed by atoms with Crippen molar-refractivity contribution in [1.29, 1.82) is 0 Å². The van der Waals surface area contributed by atoms with Gasteiger partial charge in [0.25, 0.3) is 0 Å². The number of thiazole rings is 1. The molecule has 0 spiro atoms. The molecule has 20 heavy (non-hydrogen) atoms. The largest absolute Gasteiger partial charge is 0.360 e. The molecule has 6 heteroatoms. The molecule has 0 aliphatic carbocycles. The minimum absolute atomic E-state index is 0.784. The van der Waals surface area contributed by atoms with Gasteiger partial charge >= 0.3 is 0 Å². The number of nitrogens with one attached hydrogen (secondary N) is 1. The number of aryl methyl sites for hydroxylation is 1. The minimum Gasteiger partial charge on any atom is -0.360 e. The summed E-state index contributed by atoms with van der Waals surface area (Å²) in [4.78, 5) is 15.4. The highest BCUT2D eigenvalue weighted by atomic mass is 32.1. The lowest BCUT2D eigenvalue weighted by Gasteiger charge is -2.27. The first-order chi connectivity index (χ1) is 9.83. The zero-order chi connectivity index (χ0) is 14.4. The second-order valence-electron chi connectivity index (χ2n) is 4.23. The predicted octanol–water partition coefficient (Wildman–Crippen LogP) is 2.34. The van der Waals surface area contributed by atoms with E-state index in [1.807, 2.05) is 33.0 Å². The summed E-state index contributed by atoms with van der Waals surface area (Å²) in [5.74, 6) is 0.784. The number of nitrogens with zero attached hydrogens (tertiary/aromatic N) is 4. The Balaban J connectivity index is 0.000000704. The molecule has 0 unspecified atom stereocenters. The molecule has 0 atom stereocenters. The molecule has 1 aliphatic heterocycles. The van der Waals surface area contributed by atoms with E-state index in [2.05, 4.69) is 25.2 Å². The number of aromatic nitrogens is 3. The Bertz CT molecular complexity index is 534. The standard InChI is InChI=1S/C12H15N5S.C2H6/c1-9-14-3-2-10(16-9)12-15-8-11(18-12)17-6-4-13-5-7-17;1-2/h2-3,8,13H,4-7H2,1H3;1-2H3. The first-order valence-electron chi connectivity index (χ1n) is 7.04. The van der Waals surface area contributed by atoms with Gasteiger partial charge in [0.1, 0.15) is 21.5 Å². The average molecular weight is 291 g/mol. The van der Waals surface area contributed by atoms with Crippen molar-refractivity contribution < 1.29 is 0 Å². The van der Waals surface area contributed by atoms with E-state index in [0.29, 0.717) is 0 Å². The Morgan fingerprint density at radius 3 is 2.65 bits per heavy atom. The Morgan fingerprint density at radius 1 is 1.20 bits per heavy atom. The van der Waals surface area contributed by atoms with Gasteiger partial charge in [-0.25, -0.2) is 15.0 Å². The Kier molecular flexibility index (Phi) is 5.43. The molecular formula is C14H21N5S. The Labute approximate surface area is 124 Å². The molecule has 0 amide bonds. The highest BCUT2D eigenvalue weighted by Gasteiger charge is 2.14. The minimum atomic E-state index is 0.784. The van der Waals surface area contributed by atoms with Crippen LogP contribution in [0.4, 0.5) is 5.00 Å². The summed E-state index contributed by atoms with van der Waals surface area (Å²) in [6.07, 6.45) is 3.73. The second kappa shape index (κ2) is 7.31. The van der Waals surface area contributed by atoms with E-state index in [4.69, 9.17) is 0 Å². The van der Waals surface area contributed by atoms with Gasteiger partial charge in [0.2, 0.25) is 0 Å². The van der Waals surface area contributed by atoms with E-state index in [9.17, 15) is 0 Å². The SMILES string of the molecule is CC.Cc1nccc(-c2ncc(N3CCNCC3)s2)n1. The third-order valence-electron chi connectivity index (χ3n) is 2.92. The summed E-state index contributed by atoms with van der Waals surface area (Å²) in [5, 5.41) is 5.54. The normalized spacial score (nSPS) is 14.7. The van der Waals surface area contributed by atoms with Crippen LogP contribution in [0.15, 0.2) is 18.5 Å². The van der Waals surface area contributed by atoms with Crippen molar-refractivity contribution in [2.45, 2.75) is 20.8 Å². The van der Waals surface area contributed by atoms with Crippen LogP contribution < -0.4 is 10.2 Å². The van der Waals surface area contributed by atoms with E-state index in [1.165, 1.54) is 5.00 Å². The fourth-order valence-electron chi connectivity index (χ4n) is 1.99. The molecule has 0 saturated carbocycles. The highest BCUT2D eigenvalue weighted by molar-refractivity contribution is 7.18. The van der Waals surface area contributed by atoms with Crippen LogP contribution in [0.25, 0.3) is 10.7 Å². The van der Waals surface area contributed by atoms with E-state index in [0.717, 1.165) is 42.7 Å². The van der Waals surface area contributed by atoms with Gasteiger partial charge in [-0.2, -0.15) is 0 Å². The monoisotopic (exact) mass is 291 g/mol. The number of hydrogen-bond donors (Lipinski definition) is 1. The van der Waals surface area contributed by atoms with Crippen molar-refractivity contribution in [3.63, 3.8) is 0 Å². The summed E-state index contributed by atoms with van der Waals surface area (Å²) < 4.78 is 0. The Morgan fingerprint density at radius 2 is 1.95 bits per heavy atom. The van der Waals surface area contributed by atoms with Gasteiger partial charge < -0.3 is 10.2 Å². The molecule has 2 aromatic rings. The van der Waals surface area contributed by atoms with E-state index >= 15 is 0 Å². The van der Waals surface area contributed by atoms with Gasteiger partial charge in [-0.15, -0.1) is 0 Å². The number of piperazine rings is 1. The van der Waals surface area contributed by atoms with Crippen molar-refractivity contribution in [2.75, 3.05) is 31.1 Å². The van der Waals surface area contributed by atoms with Crippen LogP contribution in [0.5, 0.6) is 0 Å². The molecular weight excluding hydrogens is 270 g/mol. The lowest BCUT2D eigenvalue weighted by atomic mass is 10.4. The van der Waals surface area contributed by atoms with Crippen molar-refractivity contribution in [3.8, 4) is 10.7 Å². The van der Waals surface area contributed by atoms with Gasteiger partial charge in [-0.3, -0.25) is 0 Å². The zero-order valence-electron chi connectivity index (χ0n) is 12.3. The molecule has 0 aromatic carbocycles. The van der Waals surface area contributed by atoms with Crippen molar-refractivity contribution in [3.05, 3.63) is 24.3 Å². The van der Waals surface area contributed by atoms with Gasteiger partial charge in [0.15, 0.2) is 0 Å². The average Bonchev–Trinajstić information content (AvgIpc) is 3.00. The molecule has 5 nitrogen and oxygen atoms in total. The van der Waals surface area contributed by atoms with Crippen molar-refractivity contribution >= 4 is 16.3 Å². The molecule has 1 N–H and O–H groups in total. The lowest BCUT2D eigenvalue weighted by Crippen LogP contribution is -2.43. The Hall–Kier alpha value is -1.53. The maximum Gasteiger partial charge on any atom is 0.143 e. The van der Waals surface area contributed by atoms with Gasteiger partial charge in [0.05, 0.1) is 6.20 Å². The fraction of sp³-hybridized carbons (Fsp3) is 0.500. The molecule has 108 valence electrons. The van der Waals surface area contributed by atoms with E-state index in [-0.39, 0.29) is 0 Å². The number of anilines is 1. The third-order valence-corrected chi connectivity index (χ3v) is 4.00. The fourth-order valence-corrected chi connectivity index (χ4v) is 2.93. The quantitative estimate of drug-likeness (QED) is 0.920. The summed E-state index contributed by atoms with van der Waals surface area (Å²) in [6.45, 7) is 10.1. The molecule has 2 aromatic heterocycles. The first kappa shape index (κ1) is 14.9. The smallest absolute Gasteiger partial charge is 0.143 e. The summed E-state index contributed by atoms with van der Waals surface area (Å²) in [6, 6.07) is 1.91. The van der Waals surface area contributed by atoms with Crippen molar-refractivity contribution in [2.24, 2.45) is 0 Å². The van der Waals surface area contributed by atoms with Gasteiger partial charge in [0, 0.05) is 32.4 Å². The number of hydrogen-bond acceptors (Lipinski definition) is 6. The third kappa shape index (κ3) is 3.52. The van der Waals surface area contributed by atoms with Crippen LogP contribution in [-0.2, 0) is 0 Å². The topological polar surface area (TPSA) is 53.9 Å². The molecule has 0 radical (unpaired) electrons. The van der Waals surface area contributed by atoms with Crippen LogP contribution in [-0.4, -0.2) is 41.1 Å². The van der Waals surface area contributed by atoms with Crippen LogP contribution in [0.1, 0.15) is 19.7 Å². The molecule has 1 saturated heterocycles. The second-order valence-corrected chi connectivity index (χ2v) is 5.24. The van der Waals surface area contributed by atoms with Crippen molar-refractivity contribution in [1.82, 2.24) is 20.3 Å². The summed E-state index contributed by atoms with van der Waals surface area (Å²) >= 11 is 1.70. The number of rotatable bonds is 2. The van der Waals surface area contributed by atoms with Crippen LogP contribution in [0.3, 0.4) is 0 Å². The summed E-state index contributed by atoms with van der Waals surface area (Å²) in [5.41, 5.74) is 0.911. The molecule has 1 aliphatic rings. The molecule has 3 rings (SSSR count). The van der Waals surface area contributed by atoms with Crippen LogP contribution in [0.2, 0.25) is 0 Å². The predicted molar refractivity (Wildman–Crippen MR) is 84.3 cm³/mol. The summed E-state index contributed by atoms with van der Waals surface area (Å²) in [7, 11) is 0. The highest BCUT2D eigenvalue weighted by Crippen LogP contribution is 2.29. The van der Waals surface area contributed by atoms with E-state index in [1.54, 1.807) is 17.5 Å². The van der Waals surface area contributed by atoms with Crippen LogP contribution >= 0.6 is 11.3 Å². The maximum atomic E-state index is 4.47. The first-order valence-corrected chi connectivity index (χ1v) is 7.86. The van der Waals surface area contributed by atoms with Gasteiger partial charge in [-0.05, 0) is 13.0 Å². The molecule has 0 bridgehead atoms.